The number of rotatable bonds is 8. The smallest absolute Gasteiger partial charge is 0.256 e. The lowest BCUT2D eigenvalue weighted by atomic mass is 10.1. The second kappa shape index (κ2) is 9.93. The zero-order chi connectivity index (χ0) is 22.6. The number of likely N-dealkylation sites (tertiary alicyclic amines) is 1. The Hall–Kier alpha value is -2.90. The molecule has 33 heavy (non-hydrogen) atoms. The molecule has 2 fully saturated rings. The van der Waals surface area contributed by atoms with Crippen LogP contribution in [0.25, 0.3) is 0 Å². The first-order valence-electron chi connectivity index (χ1n) is 12.1. The molecule has 2 aromatic rings. The molecule has 5 rings (SSSR count). The average molecular weight is 449 g/mol. The molecule has 2 unspecified atom stereocenters. The van der Waals surface area contributed by atoms with E-state index in [2.05, 4.69) is 15.5 Å². The molecule has 2 atom stereocenters. The Morgan fingerprint density at radius 2 is 1.91 bits per heavy atom. The summed E-state index contributed by atoms with van der Waals surface area (Å²) >= 11 is 0. The predicted molar refractivity (Wildman–Crippen MR) is 127 cm³/mol. The molecule has 2 saturated heterocycles. The Morgan fingerprint density at radius 1 is 1.06 bits per heavy atom. The van der Waals surface area contributed by atoms with Crippen molar-refractivity contribution in [2.75, 3.05) is 44.6 Å². The number of fused-ring (bicyclic) bond motifs is 1. The van der Waals surface area contributed by atoms with Crippen molar-refractivity contribution in [2.24, 2.45) is 0 Å². The number of nitrogens with zero attached hydrogens (tertiary/aromatic N) is 2. The summed E-state index contributed by atoms with van der Waals surface area (Å²) in [6.45, 7) is 5.10. The van der Waals surface area contributed by atoms with E-state index in [4.69, 9.17) is 4.74 Å². The standard InChI is InChI=1S/C26H32N4O3/c31-25(27-12-15-29-13-3-4-14-29)19-7-5-8-20(17-19)28-24-22-10-1-2-11-23(22)26(32)30(24)18-21-9-6-16-33-21/h1-2,5,7-8,10-11,17,21,24,28H,3-4,6,9,12-16,18H2,(H,27,31). The van der Waals surface area contributed by atoms with Gasteiger partial charge in [0.2, 0.25) is 0 Å². The highest BCUT2D eigenvalue weighted by Gasteiger charge is 2.38. The van der Waals surface area contributed by atoms with Crippen molar-refractivity contribution in [2.45, 2.75) is 38.0 Å². The molecule has 7 heteroatoms. The van der Waals surface area contributed by atoms with Gasteiger partial charge in [0.15, 0.2) is 0 Å². The van der Waals surface area contributed by atoms with Crippen LogP contribution in [0.1, 0.15) is 58.1 Å². The highest BCUT2D eigenvalue weighted by molar-refractivity contribution is 5.99. The fourth-order valence-electron chi connectivity index (χ4n) is 5.07. The molecule has 3 heterocycles. The van der Waals surface area contributed by atoms with Gasteiger partial charge in [-0.3, -0.25) is 9.59 Å². The van der Waals surface area contributed by atoms with E-state index in [1.54, 1.807) is 0 Å². The van der Waals surface area contributed by atoms with Gasteiger partial charge in [-0.25, -0.2) is 0 Å². The minimum atomic E-state index is -0.286. The van der Waals surface area contributed by atoms with Crippen LogP contribution in [0.2, 0.25) is 0 Å². The van der Waals surface area contributed by atoms with E-state index >= 15 is 0 Å². The quantitative estimate of drug-likeness (QED) is 0.649. The van der Waals surface area contributed by atoms with Gasteiger partial charge in [0, 0.05) is 48.6 Å². The minimum absolute atomic E-state index is 0.0226. The highest BCUT2D eigenvalue weighted by Crippen LogP contribution is 2.35. The lowest BCUT2D eigenvalue weighted by molar-refractivity contribution is 0.0488. The first kappa shape index (κ1) is 21.9. The fraction of sp³-hybridized carbons (Fsp3) is 0.462. The molecule has 174 valence electrons. The summed E-state index contributed by atoms with van der Waals surface area (Å²) < 4.78 is 5.81. The summed E-state index contributed by atoms with van der Waals surface area (Å²) in [4.78, 5) is 30.1. The van der Waals surface area contributed by atoms with Gasteiger partial charge in [-0.1, -0.05) is 24.3 Å². The molecule has 2 aromatic carbocycles. The normalized spacial score (nSPS) is 22.5. The number of benzene rings is 2. The first-order chi connectivity index (χ1) is 16.2. The number of amides is 2. The second-order valence-electron chi connectivity index (χ2n) is 9.11. The lowest BCUT2D eigenvalue weighted by Crippen LogP contribution is -2.38. The van der Waals surface area contributed by atoms with E-state index in [0.29, 0.717) is 18.7 Å². The average Bonchev–Trinajstić information content (AvgIpc) is 3.59. The SMILES string of the molecule is O=C(NCCN1CCCC1)c1cccc(NC2c3ccccc3C(=O)N2CC2CCCO2)c1. The summed E-state index contributed by atoms with van der Waals surface area (Å²) in [6.07, 6.45) is 4.29. The first-order valence-corrected chi connectivity index (χ1v) is 12.1. The van der Waals surface area contributed by atoms with E-state index < -0.39 is 0 Å². The van der Waals surface area contributed by atoms with Crippen LogP contribution >= 0.6 is 0 Å². The highest BCUT2D eigenvalue weighted by atomic mass is 16.5. The third kappa shape index (κ3) is 4.89. The van der Waals surface area contributed by atoms with Crippen molar-refractivity contribution < 1.29 is 14.3 Å². The maximum absolute atomic E-state index is 13.1. The molecule has 0 radical (unpaired) electrons. The van der Waals surface area contributed by atoms with Crippen LogP contribution in [0.3, 0.4) is 0 Å². The van der Waals surface area contributed by atoms with Crippen molar-refractivity contribution in [3.63, 3.8) is 0 Å². The maximum atomic E-state index is 13.1. The van der Waals surface area contributed by atoms with Crippen LogP contribution in [0, 0.1) is 0 Å². The minimum Gasteiger partial charge on any atom is -0.376 e. The monoisotopic (exact) mass is 448 g/mol. The summed E-state index contributed by atoms with van der Waals surface area (Å²) in [5.74, 6) is -0.0497. The fourth-order valence-corrected chi connectivity index (χ4v) is 5.07. The van der Waals surface area contributed by atoms with E-state index in [1.807, 2.05) is 53.4 Å². The largest absolute Gasteiger partial charge is 0.376 e. The number of carbonyl (C=O) groups excluding carboxylic acids is 2. The van der Waals surface area contributed by atoms with E-state index in [-0.39, 0.29) is 24.1 Å². The third-order valence-corrected chi connectivity index (χ3v) is 6.82. The van der Waals surface area contributed by atoms with Gasteiger partial charge in [0.25, 0.3) is 11.8 Å². The summed E-state index contributed by atoms with van der Waals surface area (Å²) in [7, 11) is 0. The molecular weight excluding hydrogens is 416 g/mol. The molecule has 2 amide bonds. The lowest BCUT2D eigenvalue weighted by Gasteiger charge is -2.29. The van der Waals surface area contributed by atoms with E-state index in [9.17, 15) is 9.59 Å². The topological polar surface area (TPSA) is 73.9 Å². The van der Waals surface area contributed by atoms with Crippen molar-refractivity contribution in [3.8, 4) is 0 Å². The van der Waals surface area contributed by atoms with E-state index in [1.165, 1.54) is 12.8 Å². The van der Waals surface area contributed by atoms with Crippen LogP contribution in [0.5, 0.6) is 0 Å². The predicted octanol–water partition coefficient (Wildman–Crippen LogP) is 3.26. The molecule has 2 N–H and O–H groups in total. The van der Waals surface area contributed by atoms with Crippen LogP contribution in [-0.2, 0) is 4.74 Å². The van der Waals surface area contributed by atoms with Gasteiger partial charge in [0.05, 0.1) is 6.10 Å². The summed E-state index contributed by atoms with van der Waals surface area (Å²) in [5, 5.41) is 6.55. The molecular formula is C26H32N4O3. The molecule has 3 aliphatic heterocycles. The Labute approximate surface area is 195 Å². The molecule has 0 aromatic heterocycles. The van der Waals surface area contributed by atoms with Crippen LogP contribution in [-0.4, -0.2) is 67.0 Å². The molecule has 0 spiro atoms. The Balaban J connectivity index is 1.28. The van der Waals surface area contributed by atoms with E-state index in [0.717, 1.165) is 55.9 Å². The molecule has 0 bridgehead atoms. The Kier molecular flexibility index (Phi) is 6.60. The van der Waals surface area contributed by atoms with Crippen molar-refractivity contribution in [3.05, 3.63) is 65.2 Å². The van der Waals surface area contributed by atoms with Crippen molar-refractivity contribution >= 4 is 17.5 Å². The van der Waals surface area contributed by atoms with Gasteiger partial charge in [-0.05, 0) is 63.0 Å². The number of hydrogen-bond acceptors (Lipinski definition) is 5. The molecule has 7 nitrogen and oxygen atoms in total. The van der Waals surface area contributed by atoms with Gasteiger partial charge in [0.1, 0.15) is 6.17 Å². The Bertz CT molecular complexity index is 999. The van der Waals surface area contributed by atoms with Crippen LogP contribution < -0.4 is 10.6 Å². The third-order valence-electron chi connectivity index (χ3n) is 6.82. The number of carbonyl (C=O) groups is 2. The van der Waals surface area contributed by atoms with Gasteiger partial charge in [-0.15, -0.1) is 0 Å². The zero-order valence-electron chi connectivity index (χ0n) is 19.0. The second-order valence-corrected chi connectivity index (χ2v) is 9.11. The van der Waals surface area contributed by atoms with Crippen LogP contribution in [0.15, 0.2) is 48.5 Å². The van der Waals surface area contributed by atoms with Crippen LogP contribution in [0.4, 0.5) is 5.69 Å². The molecule has 0 aliphatic carbocycles. The number of anilines is 1. The van der Waals surface area contributed by atoms with Gasteiger partial charge < -0.3 is 25.2 Å². The van der Waals surface area contributed by atoms with Crippen molar-refractivity contribution in [1.29, 1.82) is 0 Å². The molecule has 3 aliphatic rings. The number of hydrogen-bond donors (Lipinski definition) is 2. The zero-order valence-corrected chi connectivity index (χ0v) is 19.0. The summed E-state index contributed by atoms with van der Waals surface area (Å²) in [5.41, 5.74) is 3.11. The van der Waals surface area contributed by atoms with Crippen molar-refractivity contribution in [1.82, 2.24) is 15.1 Å². The molecule has 0 saturated carbocycles. The number of nitrogens with one attached hydrogen (secondary N) is 2. The Morgan fingerprint density at radius 3 is 2.73 bits per heavy atom. The summed E-state index contributed by atoms with van der Waals surface area (Å²) in [6, 6.07) is 15.2. The van der Waals surface area contributed by atoms with Gasteiger partial charge >= 0.3 is 0 Å². The maximum Gasteiger partial charge on any atom is 0.256 e. The van der Waals surface area contributed by atoms with Gasteiger partial charge in [-0.2, -0.15) is 0 Å². The number of ether oxygens (including phenoxy) is 1.